The largest absolute Gasteiger partial charge is 0.387 e. The lowest BCUT2D eigenvalue weighted by Gasteiger charge is -2.36. The highest BCUT2D eigenvalue weighted by Crippen LogP contribution is 2.35. The molecular formula is C20H30N2O2. The average molecular weight is 330 g/mol. The Kier molecular flexibility index (Phi) is 5.57. The molecule has 2 aliphatic rings. The van der Waals surface area contributed by atoms with Crippen molar-refractivity contribution in [2.24, 2.45) is 11.8 Å². The van der Waals surface area contributed by atoms with Crippen LogP contribution in [-0.4, -0.2) is 41.6 Å². The Labute approximate surface area is 145 Å². The number of hydrogen-bond donors (Lipinski definition) is 2. The molecule has 2 N–H and O–H groups in total. The van der Waals surface area contributed by atoms with Crippen LogP contribution in [0.5, 0.6) is 0 Å². The molecule has 1 aliphatic carbocycles. The van der Waals surface area contributed by atoms with Gasteiger partial charge in [-0.2, -0.15) is 0 Å². The summed E-state index contributed by atoms with van der Waals surface area (Å²) < 4.78 is 0. The van der Waals surface area contributed by atoms with Crippen molar-refractivity contribution in [3.05, 3.63) is 35.4 Å². The Morgan fingerprint density at radius 2 is 2.00 bits per heavy atom. The standard InChI is InChI=1S/C20H30N2O2/c1-14(2)7-10-21-20(24)15-8-11-22(12-9-15)18-13-16-5-3-4-6-17(16)19(18)23/h3-6,14-15,18-19,23H,7-13H2,1-2H3,(H,21,24)/t18-,19-/m0/s1. The lowest BCUT2D eigenvalue weighted by molar-refractivity contribution is -0.126. The molecule has 1 fully saturated rings. The van der Waals surface area contributed by atoms with Crippen LogP contribution in [0.2, 0.25) is 0 Å². The number of nitrogens with zero attached hydrogens (tertiary/aromatic N) is 1. The molecule has 0 spiro atoms. The fourth-order valence-corrected chi connectivity index (χ4v) is 4.00. The molecular weight excluding hydrogens is 300 g/mol. The molecule has 4 heteroatoms. The normalized spacial score (nSPS) is 25.0. The zero-order chi connectivity index (χ0) is 17.1. The van der Waals surface area contributed by atoms with Gasteiger partial charge in [-0.15, -0.1) is 0 Å². The predicted octanol–water partition coefficient (Wildman–Crippen LogP) is 2.52. The van der Waals surface area contributed by atoms with Gasteiger partial charge in [0.2, 0.25) is 5.91 Å². The Bertz CT molecular complexity index is 565. The van der Waals surface area contributed by atoms with E-state index in [1.807, 2.05) is 18.2 Å². The van der Waals surface area contributed by atoms with Crippen molar-refractivity contribution in [3.63, 3.8) is 0 Å². The van der Waals surface area contributed by atoms with Gasteiger partial charge in [-0.05, 0) is 55.8 Å². The fraction of sp³-hybridized carbons (Fsp3) is 0.650. The van der Waals surface area contributed by atoms with Crippen LogP contribution in [-0.2, 0) is 11.2 Å². The third-order valence-corrected chi connectivity index (χ3v) is 5.56. The van der Waals surface area contributed by atoms with Crippen LogP contribution in [0.4, 0.5) is 0 Å². The average Bonchev–Trinajstić information content (AvgIpc) is 2.92. The van der Waals surface area contributed by atoms with E-state index in [1.165, 1.54) is 5.56 Å². The van der Waals surface area contributed by atoms with Crippen molar-refractivity contribution in [2.45, 2.75) is 51.7 Å². The van der Waals surface area contributed by atoms with Gasteiger partial charge in [-0.25, -0.2) is 0 Å². The summed E-state index contributed by atoms with van der Waals surface area (Å²) in [5.74, 6) is 0.970. The van der Waals surface area contributed by atoms with Crippen LogP contribution >= 0.6 is 0 Å². The number of rotatable bonds is 5. The maximum absolute atomic E-state index is 12.3. The topological polar surface area (TPSA) is 52.6 Å². The van der Waals surface area contributed by atoms with E-state index in [4.69, 9.17) is 0 Å². The number of carbonyl (C=O) groups is 1. The minimum absolute atomic E-state index is 0.134. The van der Waals surface area contributed by atoms with Gasteiger partial charge in [0, 0.05) is 18.5 Å². The minimum Gasteiger partial charge on any atom is -0.387 e. The number of amides is 1. The van der Waals surface area contributed by atoms with Crippen LogP contribution in [0.25, 0.3) is 0 Å². The monoisotopic (exact) mass is 330 g/mol. The van der Waals surface area contributed by atoms with Gasteiger partial charge in [-0.1, -0.05) is 38.1 Å². The van der Waals surface area contributed by atoms with E-state index in [0.29, 0.717) is 5.92 Å². The molecule has 1 aromatic rings. The van der Waals surface area contributed by atoms with Crippen LogP contribution in [0.1, 0.15) is 50.3 Å². The molecule has 1 saturated heterocycles. The van der Waals surface area contributed by atoms with E-state index in [2.05, 4.69) is 30.1 Å². The maximum atomic E-state index is 12.3. The first-order valence-corrected chi connectivity index (χ1v) is 9.34. The van der Waals surface area contributed by atoms with Crippen LogP contribution in [0.3, 0.4) is 0 Å². The smallest absolute Gasteiger partial charge is 0.223 e. The van der Waals surface area contributed by atoms with Gasteiger partial charge in [0.15, 0.2) is 0 Å². The van der Waals surface area contributed by atoms with Gasteiger partial charge in [0.1, 0.15) is 0 Å². The molecule has 1 aromatic carbocycles. The van der Waals surface area contributed by atoms with E-state index in [-0.39, 0.29) is 17.9 Å². The number of fused-ring (bicyclic) bond motifs is 1. The number of piperidine rings is 1. The second kappa shape index (κ2) is 7.66. The van der Waals surface area contributed by atoms with Crippen molar-refractivity contribution in [1.29, 1.82) is 0 Å². The molecule has 1 amide bonds. The van der Waals surface area contributed by atoms with Crippen molar-refractivity contribution < 1.29 is 9.90 Å². The summed E-state index contributed by atoms with van der Waals surface area (Å²) in [6, 6.07) is 8.37. The molecule has 0 saturated carbocycles. The van der Waals surface area contributed by atoms with Gasteiger partial charge >= 0.3 is 0 Å². The first-order chi connectivity index (χ1) is 11.6. The molecule has 0 radical (unpaired) electrons. The fourth-order valence-electron chi connectivity index (χ4n) is 4.00. The highest BCUT2D eigenvalue weighted by Gasteiger charge is 2.37. The van der Waals surface area contributed by atoms with Gasteiger partial charge in [-0.3, -0.25) is 9.69 Å². The Balaban J connectivity index is 1.48. The molecule has 0 aromatic heterocycles. The maximum Gasteiger partial charge on any atom is 0.223 e. The SMILES string of the molecule is CC(C)CCNC(=O)C1CCN([C@H]2Cc3ccccc3[C@@H]2O)CC1. The zero-order valence-corrected chi connectivity index (χ0v) is 14.9. The zero-order valence-electron chi connectivity index (χ0n) is 14.9. The van der Waals surface area contributed by atoms with E-state index in [1.54, 1.807) is 0 Å². The van der Waals surface area contributed by atoms with Crippen LogP contribution in [0.15, 0.2) is 24.3 Å². The Morgan fingerprint density at radius 1 is 1.29 bits per heavy atom. The molecule has 132 valence electrons. The lowest BCUT2D eigenvalue weighted by Crippen LogP contribution is -2.46. The third-order valence-electron chi connectivity index (χ3n) is 5.56. The summed E-state index contributed by atoms with van der Waals surface area (Å²) in [7, 11) is 0. The van der Waals surface area contributed by atoms with E-state index in [0.717, 1.165) is 50.9 Å². The summed E-state index contributed by atoms with van der Waals surface area (Å²) in [5.41, 5.74) is 2.35. The number of likely N-dealkylation sites (tertiary alicyclic amines) is 1. The highest BCUT2D eigenvalue weighted by molar-refractivity contribution is 5.78. The van der Waals surface area contributed by atoms with Gasteiger partial charge < -0.3 is 10.4 Å². The summed E-state index contributed by atoms with van der Waals surface area (Å²) in [6.07, 6.45) is 3.36. The summed E-state index contributed by atoms with van der Waals surface area (Å²) >= 11 is 0. The molecule has 0 unspecified atom stereocenters. The van der Waals surface area contributed by atoms with Gasteiger partial charge in [0.05, 0.1) is 6.10 Å². The number of nitrogens with one attached hydrogen (secondary N) is 1. The van der Waals surface area contributed by atoms with E-state index < -0.39 is 6.10 Å². The molecule has 1 heterocycles. The number of aliphatic hydroxyl groups is 1. The highest BCUT2D eigenvalue weighted by atomic mass is 16.3. The summed E-state index contributed by atoms with van der Waals surface area (Å²) in [6.45, 7) is 6.94. The van der Waals surface area contributed by atoms with Gasteiger partial charge in [0.25, 0.3) is 0 Å². The quantitative estimate of drug-likeness (QED) is 0.872. The number of aliphatic hydroxyl groups excluding tert-OH is 1. The Hall–Kier alpha value is -1.39. The first kappa shape index (κ1) is 17.4. The number of carbonyl (C=O) groups excluding carboxylic acids is 1. The molecule has 4 nitrogen and oxygen atoms in total. The van der Waals surface area contributed by atoms with Crippen molar-refractivity contribution in [3.8, 4) is 0 Å². The molecule has 0 bridgehead atoms. The predicted molar refractivity (Wildman–Crippen MR) is 95.7 cm³/mol. The van der Waals surface area contributed by atoms with Crippen LogP contribution < -0.4 is 5.32 Å². The first-order valence-electron chi connectivity index (χ1n) is 9.34. The molecule has 24 heavy (non-hydrogen) atoms. The van der Waals surface area contributed by atoms with Crippen molar-refractivity contribution in [1.82, 2.24) is 10.2 Å². The molecule has 2 atom stereocenters. The van der Waals surface area contributed by atoms with Crippen LogP contribution in [0, 0.1) is 11.8 Å². The van der Waals surface area contributed by atoms with Crippen molar-refractivity contribution >= 4 is 5.91 Å². The minimum atomic E-state index is -0.391. The molecule has 3 rings (SSSR count). The lowest BCUT2D eigenvalue weighted by atomic mass is 9.94. The second-order valence-corrected chi connectivity index (χ2v) is 7.70. The third kappa shape index (κ3) is 3.81. The second-order valence-electron chi connectivity index (χ2n) is 7.70. The number of benzene rings is 1. The summed E-state index contributed by atoms with van der Waals surface area (Å²) in [4.78, 5) is 14.6. The number of hydrogen-bond acceptors (Lipinski definition) is 3. The summed E-state index contributed by atoms with van der Waals surface area (Å²) in [5, 5.41) is 13.7. The van der Waals surface area contributed by atoms with E-state index >= 15 is 0 Å². The van der Waals surface area contributed by atoms with Crippen molar-refractivity contribution in [2.75, 3.05) is 19.6 Å². The Morgan fingerprint density at radius 3 is 2.67 bits per heavy atom. The molecule has 1 aliphatic heterocycles. The van der Waals surface area contributed by atoms with E-state index in [9.17, 15) is 9.90 Å².